The monoisotopic (exact) mass is 392 g/mol. The molecule has 1 aromatic carbocycles. The Balaban J connectivity index is 1.35. The number of aromatic nitrogens is 4. The van der Waals surface area contributed by atoms with Crippen LogP contribution in [0.4, 0.5) is 0 Å². The zero-order valence-electron chi connectivity index (χ0n) is 15.9. The summed E-state index contributed by atoms with van der Waals surface area (Å²) in [5.41, 5.74) is 1.31. The van der Waals surface area contributed by atoms with E-state index in [1.54, 1.807) is 17.4 Å². The van der Waals surface area contributed by atoms with Gasteiger partial charge >= 0.3 is 0 Å². The van der Waals surface area contributed by atoms with Crippen molar-refractivity contribution < 1.29 is 4.74 Å². The van der Waals surface area contributed by atoms with Crippen LogP contribution in [0.1, 0.15) is 44.3 Å². The maximum Gasteiger partial charge on any atom is 0.235 e. The van der Waals surface area contributed by atoms with Crippen molar-refractivity contribution in [1.29, 1.82) is 0 Å². The first-order valence-electron chi connectivity index (χ1n) is 10.3. The highest BCUT2D eigenvalue weighted by atomic mass is 32.1. The van der Waals surface area contributed by atoms with Crippen molar-refractivity contribution in [3.63, 3.8) is 0 Å². The average Bonchev–Trinajstić information content (AvgIpc) is 3.26. The Morgan fingerprint density at radius 2 is 1.75 bits per heavy atom. The Kier molecular flexibility index (Phi) is 3.67. The molecule has 4 fully saturated rings. The third-order valence-electron chi connectivity index (χ3n) is 6.97. The van der Waals surface area contributed by atoms with Gasteiger partial charge in [-0.15, -0.1) is 10.2 Å². The summed E-state index contributed by atoms with van der Waals surface area (Å²) in [7, 11) is 0. The van der Waals surface area contributed by atoms with Gasteiger partial charge in [0.25, 0.3) is 0 Å². The first-order chi connectivity index (χ1) is 13.7. The zero-order valence-corrected chi connectivity index (χ0v) is 16.7. The van der Waals surface area contributed by atoms with Gasteiger partial charge < -0.3 is 4.74 Å². The predicted octanol–water partition coefficient (Wildman–Crippen LogP) is 4.89. The fraction of sp³-hybridized carbons (Fsp3) is 0.500. The van der Waals surface area contributed by atoms with Crippen LogP contribution < -0.4 is 4.74 Å². The SMILES string of the molecule is C=CCOc1ccc(-c2nn3c(C45CC6CC(CC(C6)C4)C5)nnc3s2)cc1. The molecule has 0 radical (unpaired) electrons. The second-order valence-electron chi connectivity index (χ2n) is 8.95. The van der Waals surface area contributed by atoms with Gasteiger partial charge in [0, 0.05) is 11.0 Å². The van der Waals surface area contributed by atoms with Crippen LogP contribution in [-0.4, -0.2) is 26.4 Å². The molecule has 0 N–H and O–H groups in total. The number of benzene rings is 1. The van der Waals surface area contributed by atoms with E-state index in [1.165, 1.54) is 38.5 Å². The highest BCUT2D eigenvalue weighted by Gasteiger charge is 2.54. The van der Waals surface area contributed by atoms with Crippen LogP contribution in [0.2, 0.25) is 0 Å². The molecule has 0 saturated heterocycles. The molecule has 6 heteroatoms. The Hall–Kier alpha value is -2.21. The molecule has 2 aromatic heterocycles. The molecule has 4 bridgehead atoms. The van der Waals surface area contributed by atoms with Crippen molar-refractivity contribution in [2.24, 2.45) is 17.8 Å². The molecule has 0 unspecified atom stereocenters. The van der Waals surface area contributed by atoms with Crippen LogP contribution in [0, 0.1) is 17.8 Å². The standard InChI is InChI=1S/C22H24N4OS/c1-2-7-27-18-5-3-17(4-6-18)19-25-26-20(23-24-21(26)28-19)22-11-14-8-15(12-22)10-16(9-14)13-22/h2-6,14-16H,1,7-13H2. The van der Waals surface area contributed by atoms with Crippen molar-refractivity contribution in [2.75, 3.05) is 6.61 Å². The molecule has 4 aliphatic carbocycles. The van der Waals surface area contributed by atoms with Gasteiger partial charge in [0.15, 0.2) is 5.82 Å². The van der Waals surface area contributed by atoms with Crippen molar-refractivity contribution in [3.05, 3.63) is 42.7 Å². The van der Waals surface area contributed by atoms with E-state index in [2.05, 4.69) is 33.4 Å². The highest BCUT2D eigenvalue weighted by Crippen LogP contribution is 2.60. The lowest BCUT2D eigenvalue weighted by molar-refractivity contribution is -0.0103. The minimum absolute atomic E-state index is 0.210. The van der Waals surface area contributed by atoms with E-state index in [4.69, 9.17) is 9.84 Å². The Morgan fingerprint density at radius 1 is 1.07 bits per heavy atom. The van der Waals surface area contributed by atoms with Gasteiger partial charge in [-0.05, 0) is 80.5 Å². The van der Waals surface area contributed by atoms with Crippen LogP contribution >= 0.6 is 11.3 Å². The summed E-state index contributed by atoms with van der Waals surface area (Å²) >= 11 is 1.62. The van der Waals surface area contributed by atoms with E-state index in [-0.39, 0.29) is 5.41 Å². The normalized spacial score (nSPS) is 30.8. The summed E-state index contributed by atoms with van der Waals surface area (Å²) in [6.45, 7) is 4.20. The summed E-state index contributed by atoms with van der Waals surface area (Å²) in [5, 5.41) is 15.1. The Morgan fingerprint density at radius 3 is 2.39 bits per heavy atom. The first-order valence-corrected chi connectivity index (χ1v) is 11.1. The molecule has 4 aliphatic rings. The molecular weight excluding hydrogens is 368 g/mol. The number of hydrogen-bond acceptors (Lipinski definition) is 5. The smallest absolute Gasteiger partial charge is 0.235 e. The summed E-state index contributed by atoms with van der Waals surface area (Å²) in [5.74, 6) is 4.63. The summed E-state index contributed by atoms with van der Waals surface area (Å²) < 4.78 is 7.64. The fourth-order valence-electron chi connectivity index (χ4n) is 6.30. The third-order valence-corrected chi connectivity index (χ3v) is 7.92. The van der Waals surface area contributed by atoms with Gasteiger partial charge in [-0.2, -0.15) is 9.61 Å². The number of nitrogens with zero attached hydrogens (tertiary/aromatic N) is 4. The van der Waals surface area contributed by atoms with E-state index >= 15 is 0 Å². The number of ether oxygens (including phenoxy) is 1. The van der Waals surface area contributed by atoms with Crippen molar-refractivity contribution in [3.8, 4) is 16.3 Å². The summed E-state index contributed by atoms with van der Waals surface area (Å²) in [4.78, 5) is 0.910. The Bertz CT molecular complexity index is 999. The van der Waals surface area contributed by atoms with Gasteiger partial charge in [-0.3, -0.25) is 0 Å². The van der Waals surface area contributed by atoms with Crippen molar-refractivity contribution in [2.45, 2.75) is 43.9 Å². The quantitative estimate of drug-likeness (QED) is 0.581. The lowest BCUT2D eigenvalue weighted by atomic mass is 9.49. The minimum atomic E-state index is 0.210. The predicted molar refractivity (Wildman–Crippen MR) is 110 cm³/mol. The second kappa shape index (κ2) is 6.14. The van der Waals surface area contributed by atoms with Crippen molar-refractivity contribution >= 4 is 16.3 Å². The third kappa shape index (κ3) is 2.54. The van der Waals surface area contributed by atoms with Crippen LogP contribution in [0.5, 0.6) is 5.75 Å². The maximum absolute atomic E-state index is 5.58. The first kappa shape index (κ1) is 16.7. The molecule has 2 heterocycles. The van der Waals surface area contributed by atoms with E-state index in [0.717, 1.165) is 44.9 Å². The molecule has 5 nitrogen and oxygen atoms in total. The lowest BCUT2D eigenvalue weighted by Crippen LogP contribution is -2.49. The van der Waals surface area contributed by atoms with Crippen LogP contribution in [0.25, 0.3) is 15.5 Å². The molecule has 0 amide bonds. The van der Waals surface area contributed by atoms with E-state index in [0.29, 0.717) is 6.61 Å². The van der Waals surface area contributed by atoms with Gasteiger partial charge in [-0.25, -0.2) is 0 Å². The lowest BCUT2D eigenvalue weighted by Gasteiger charge is -2.55. The topological polar surface area (TPSA) is 52.3 Å². The van der Waals surface area contributed by atoms with E-state index in [9.17, 15) is 0 Å². The number of hydrogen-bond donors (Lipinski definition) is 0. The van der Waals surface area contributed by atoms with Gasteiger partial charge in [0.05, 0.1) is 0 Å². The molecule has 0 atom stereocenters. The van der Waals surface area contributed by atoms with Gasteiger partial charge in [-0.1, -0.05) is 24.0 Å². The molecule has 3 aromatic rings. The fourth-order valence-corrected chi connectivity index (χ4v) is 7.14. The summed E-state index contributed by atoms with van der Waals surface area (Å²) in [6, 6.07) is 8.10. The average molecular weight is 393 g/mol. The molecule has 0 aliphatic heterocycles. The number of rotatable bonds is 5. The van der Waals surface area contributed by atoms with Gasteiger partial charge in [0.2, 0.25) is 4.96 Å². The molecular formula is C22H24N4OS. The highest BCUT2D eigenvalue weighted by molar-refractivity contribution is 7.19. The largest absolute Gasteiger partial charge is 0.490 e. The molecule has 4 saturated carbocycles. The second-order valence-corrected chi connectivity index (χ2v) is 9.90. The van der Waals surface area contributed by atoms with Crippen molar-refractivity contribution in [1.82, 2.24) is 19.8 Å². The van der Waals surface area contributed by atoms with E-state index in [1.807, 2.05) is 12.1 Å². The minimum Gasteiger partial charge on any atom is -0.490 e. The molecule has 144 valence electrons. The molecule has 0 spiro atoms. The number of fused-ring (bicyclic) bond motifs is 1. The maximum atomic E-state index is 5.58. The van der Waals surface area contributed by atoms with Gasteiger partial charge in [0.1, 0.15) is 17.4 Å². The van der Waals surface area contributed by atoms with Crippen LogP contribution in [0.3, 0.4) is 0 Å². The van der Waals surface area contributed by atoms with E-state index < -0.39 is 0 Å². The summed E-state index contributed by atoms with van der Waals surface area (Å²) in [6.07, 6.45) is 9.89. The van der Waals surface area contributed by atoms with Crippen LogP contribution in [0.15, 0.2) is 36.9 Å². The van der Waals surface area contributed by atoms with Crippen LogP contribution in [-0.2, 0) is 5.41 Å². The molecule has 7 rings (SSSR count). The zero-order chi connectivity index (χ0) is 18.7. The Labute approximate surface area is 168 Å². The molecule has 28 heavy (non-hydrogen) atoms.